The van der Waals surface area contributed by atoms with Gasteiger partial charge >= 0.3 is 6.18 Å². The molecular formula is C14H29F3N2. The highest BCUT2D eigenvalue weighted by atomic mass is 19.4. The van der Waals surface area contributed by atoms with Crippen LogP contribution >= 0.6 is 0 Å². The Hall–Kier alpha value is -0.290. The van der Waals surface area contributed by atoms with Crippen LogP contribution in [-0.4, -0.2) is 43.3 Å². The van der Waals surface area contributed by atoms with E-state index < -0.39 is 12.7 Å². The molecule has 0 bridgehead atoms. The molecular weight excluding hydrogens is 253 g/mol. The Kier molecular flexibility index (Phi) is 10.3. The fourth-order valence-corrected chi connectivity index (χ4v) is 2.20. The minimum Gasteiger partial charge on any atom is -0.314 e. The lowest BCUT2D eigenvalue weighted by molar-refractivity contribution is -0.146. The van der Waals surface area contributed by atoms with Crippen molar-refractivity contribution < 1.29 is 13.2 Å². The van der Waals surface area contributed by atoms with Crippen molar-refractivity contribution in [2.45, 2.75) is 65.1 Å². The summed E-state index contributed by atoms with van der Waals surface area (Å²) in [6.45, 7) is 7.43. The van der Waals surface area contributed by atoms with Gasteiger partial charge in [0.15, 0.2) is 0 Å². The van der Waals surface area contributed by atoms with Crippen LogP contribution in [0.3, 0.4) is 0 Å². The minimum atomic E-state index is -4.08. The van der Waals surface area contributed by atoms with Crippen molar-refractivity contribution in [1.29, 1.82) is 0 Å². The molecule has 116 valence electrons. The summed E-state index contributed by atoms with van der Waals surface area (Å²) in [4.78, 5) is 1.52. The van der Waals surface area contributed by atoms with Crippen molar-refractivity contribution in [3.05, 3.63) is 0 Å². The zero-order chi connectivity index (χ0) is 14.7. The monoisotopic (exact) mass is 282 g/mol. The first-order valence-corrected chi connectivity index (χ1v) is 7.45. The van der Waals surface area contributed by atoms with E-state index in [2.05, 4.69) is 19.2 Å². The van der Waals surface area contributed by atoms with Gasteiger partial charge in [0.2, 0.25) is 0 Å². The molecule has 0 amide bonds. The molecule has 5 heteroatoms. The third-order valence-corrected chi connectivity index (χ3v) is 3.15. The maximum atomic E-state index is 12.4. The van der Waals surface area contributed by atoms with Crippen LogP contribution in [-0.2, 0) is 0 Å². The van der Waals surface area contributed by atoms with Gasteiger partial charge in [-0.15, -0.1) is 0 Å². The second-order valence-electron chi connectivity index (χ2n) is 5.09. The van der Waals surface area contributed by atoms with Gasteiger partial charge in [-0.1, -0.05) is 20.8 Å². The molecule has 1 unspecified atom stereocenters. The molecule has 0 fully saturated rings. The summed E-state index contributed by atoms with van der Waals surface area (Å²) >= 11 is 0. The molecule has 0 aliphatic carbocycles. The first-order chi connectivity index (χ1) is 8.92. The number of hydrogen-bond acceptors (Lipinski definition) is 2. The molecule has 0 rings (SSSR count). The molecule has 0 aliphatic rings. The highest BCUT2D eigenvalue weighted by Crippen LogP contribution is 2.17. The topological polar surface area (TPSA) is 15.3 Å². The molecule has 0 radical (unpaired) electrons. The largest absolute Gasteiger partial charge is 0.401 e. The molecule has 0 heterocycles. The maximum absolute atomic E-state index is 12.4. The van der Waals surface area contributed by atoms with Gasteiger partial charge in [-0.2, -0.15) is 13.2 Å². The van der Waals surface area contributed by atoms with Gasteiger partial charge in [0.05, 0.1) is 6.54 Å². The van der Waals surface area contributed by atoms with E-state index in [4.69, 9.17) is 0 Å². The van der Waals surface area contributed by atoms with Gasteiger partial charge in [-0.3, -0.25) is 4.90 Å². The minimum absolute atomic E-state index is 0.439. The van der Waals surface area contributed by atoms with E-state index in [0.717, 1.165) is 38.6 Å². The van der Waals surface area contributed by atoms with Gasteiger partial charge in [-0.05, 0) is 51.7 Å². The van der Waals surface area contributed by atoms with Crippen molar-refractivity contribution in [3.63, 3.8) is 0 Å². The van der Waals surface area contributed by atoms with Crippen LogP contribution in [0.15, 0.2) is 0 Å². The molecule has 1 atom stereocenters. The zero-order valence-electron chi connectivity index (χ0n) is 12.5. The standard InChI is InChI=1S/C14H29F3N2/c1-4-9-18-13(6-3)8-7-11-19(10-5-2)12-14(15,16)17/h13,18H,4-12H2,1-3H3. The third-order valence-electron chi connectivity index (χ3n) is 3.15. The second-order valence-corrected chi connectivity index (χ2v) is 5.09. The number of alkyl halides is 3. The summed E-state index contributed by atoms with van der Waals surface area (Å²) in [7, 11) is 0. The van der Waals surface area contributed by atoms with Crippen molar-refractivity contribution in [3.8, 4) is 0 Å². The number of nitrogens with one attached hydrogen (secondary N) is 1. The predicted octanol–water partition coefficient (Wildman–Crippen LogP) is 3.82. The van der Waals surface area contributed by atoms with Gasteiger partial charge in [0, 0.05) is 6.04 Å². The Labute approximate surface area is 115 Å². The Morgan fingerprint density at radius 1 is 1.05 bits per heavy atom. The molecule has 0 saturated carbocycles. The molecule has 19 heavy (non-hydrogen) atoms. The molecule has 0 saturated heterocycles. The summed E-state index contributed by atoms with van der Waals surface area (Å²) in [5.74, 6) is 0. The van der Waals surface area contributed by atoms with Crippen LogP contribution in [0.4, 0.5) is 13.2 Å². The first-order valence-electron chi connectivity index (χ1n) is 7.45. The number of nitrogens with zero attached hydrogens (tertiary/aromatic N) is 1. The molecule has 0 spiro atoms. The molecule has 0 aromatic heterocycles. The van der Waals surface area contributed by atoms with Crippen LogP contribution in [0.5, 0.6) is 0 Å². The fraction of sp³-hybridized carbons (Fsp3) is 1.00. The number of hydrogen-bond donors (Lipinski definition) is 1. The summed E-state index contributed by atoms with van der Waals surface area (Å²) in [6, 6.07) is 0.439. The SMILES string of the molecule is CCCNC(CC)CCCN(CCC)CC(F)(F)F. The number of halogens is 3. The smallest absolute Gasteiger partial charge is 0.314 e. The van der Waals surface area contributed by atoms with E-state index in [0.29, 0.717) is 19.1 Å². The van der Waals surface area contributed by atoms with E-state index in [1.165, 1.54) is 4.90 Å². The highest BCUT2D eigenvalue weighted by Gasteiger charge is 2.30. The van der Waals surface area contributed by atoms with Crippen molar-refractivity contribution in [2.24, 2.45) is 0 Å². The molecule has 0 aliphatic heterocycles. The Morgan fingerprint density at radius 3 is 2.21 bits per heavy atom. The quantitative estimate of drug-likeness (QED) is 0.620. The van der Waals surface area contributed by atoms with Crippen molar-refractivity contribution in [1.82, 2.24) is 10.2 Å². The van der Waals surface area contributed by atoms with Crippen LogP contribution < -0.4 is 5.32 Å². The average Bonchev–Trinajstić information content (AvgIpc) is 2.31. The van der Waals surface area contributed by atoms with Crippen LogP contribution in [0, 0.1) is 0 Å². The van der Waals surface area contributed by atoms with Crippen molar-refractivity contribution in [2.75, 3.05) is 26.2 Å². The summed E-state index contributed by atoms with van der Waals surface area (Å²) < 4.78 is 37.2. The van der Waals surface area contributed by atoms with E-state index in [-0.39, 0.29) is 0 Å². The van der Waals surface area contributed by atoms with E-state index in [1.54, 1.807) is 0 Å². The summed E-state index contributed by atoms with van der Waals surface area (Å²) in [6.07, 6.45) is 0.584. The molecule has 0 aromatic carbocycles. The van der Waals surface area contributed by atoms with E-state index >= 15 is 0 Å². The third kappa shape index (κ3) is 11.3. The van der Waals surface area contributed by atoms with Gasteiger partial charge < -0.3 is 5.32 Å². The van der Waals surface area contributed by atoms with Crippen LogP contribution in [0.1, 0.15) is 52.9 Å². The van der Waals surface area contributed by atoms with E-state index in [1.807, 2.05) is 6.92 Å². The Morgan fingerprint density at radius 2 is 1.74 bits per heavy atom. The lowest BCUT2D eigenvalue weighted by Crippen LogP contribution is -2.36. The summed E-state index contributed by atoms with van der Waals surface area (Å²) in [5.41, 5.74) is 0. The van der Waals surface area contributed by atoms with Gasteiger partial charge in [0.1, 0.15) is 0 Å². The van der Waals surface area contributed by atoms with Crippen LogP contribution in [0.25, 0.3) is 0 Å². The molecule has 2 nitrogen and oxygen atoms in total. The van der Waals surface area contributed by atoms with Gasteiger partial charge in [-0.25, -0.2) is 0 Å². The normalized spacial score (nSPS) is 14.1. The lowest BCUT2D eigenvalue weighted by atomic mass is 10.1. The maximum Gasteiger partial charge on any atom is 0.401 e. The highest BCUT2D eigenvalue weighted by molar-refractivity contribution is 4.68. The lowest BCUT2D eigenvalue weighted by Gasteiger charge is -2.24. The zero-order valence-corrected chi connectivity index (χ0v) is 12.5. The Balaban J connectivity index is 3.96. The first kappa shape index (κ1) is 18.7. The van der Waals surface area contributed by atoms with E-state index in [9.17, 15) is 13.2 Å². The summed E-state index contributed by atoms with van der Waals surface area (Å²) in [5, 5.41) is 3.43. The van der Waals surface area contributed by atoms with Crippen molar-refractivity contribution >= 4 is 0 Å². The second kappa shape index (κ2) is 10.5. The molecule has 1 N–H and O–H groups in total. The van der Waals surface area contributed by atoms with Gasteiger partial charge in [0.25, 0.3) is 0 Å². The average molecular weight is 282 g/mol. The van der Waals surface area contributed by atoms with Crippen LogP contribution in [0.2, 0.25) is 0 Å². The predicted molar refractivity (Wildman–Crippen MR) is 74.4 cm³/mol. The molecule has 0 aromatic rings. The fourth-order valence-electron chi connectivity index (χ4n) is 2.20. The Bertz CT molecular complexity index is 207. The number of rotatable bonds is 11.